The van der Waals surface area contributed by atoms with Crippen molar-refractivity contribution in [3.05, 3.63) is 65.2 Å². The van der Waals surface area contributed by atoms with Gasteiger partial charge in [-0.15, -0.1) is 0 Å². The first kappa shape index (κ1) is 17.6. The molecule has 1 aliphatic rings. The molecule has 1 heterocycles. The van der Waals surface area contributed by atoms with Crippen LogP contribution in [0.5, 0.6) is 0 Å². The number of imide groups is 1. The summed E-state index contributed by atoms with van der Waals surface area (Å²) >= 11 is 0. The first-order chi connectivity index (χ1) is 12.6. The minimum atomic E-state index is -0.402. The van der Waals surface area contributed by atoms with Crippen molar-refractivity contribution in [3.8, 4) is 0 Å². The summed E-state index contributed by atoms with van der Waals surface area (Å²) in [4.78, 5) is 36.8. The third-order valence-electron chi connectivity index (χ3n) is 3.99. The Morgan fingerprint density at radius 2 is 1.92 bits per heavy atom. The van der Waals surface area contributed by atoms with Crippen LogP contribution in [0.4, 0.5) is 10.5 Å². The zero-order valence-corrected chi connectivity index (χ0v) is 14.3. The van der Waals surface area contributed by atoms with E-state index in [0.717, 1.165) is 16.0 Å². The van der Waals surface area contributed by atoms with E-state index in [-0.39, 0.29) is 24.9 Å². The lowest BCUT2D eigenvalue weighted by atomic mass is 10.1. The van der Waals surface area contributed by atoms with Crippen molar-refractivity contribution in [2.45, 2.75) is 13.2 Å². The Balaban J connectivity index is 1.67. The number of benzene rings is 2. The van der Waals surface area contributed by atoms with Crippen LogP contribution in [0, 0.1) is 0 Å². The summed E-state index contributed by atoms with van der Waals surface area (Å²) in [6, 6.07) is 13.8. The maximum absolute atomic E-state index is 12.4. The zero-order valence-electron chi connectivity index (χ0n) is 14.3. The van der Waals surface area contributed by atoms with Gasteiger partial charge < -0.3 is 15.4 Å². The van der Waals surface area contributed by atoms with E-state index in [2.05, 4.69) is 10.6 Å². The van der Waals surface area contributed by atoms with Crippen molar-refractivity contribution in [2.75, 3.05) is 19.0 Å². The molecule has 0 atom stereocenters. The maximum atomic E-state index is 12.4. The Labute approximate surface area is 150 Å². The van der Waals surface area contributed by atoms with E-state index in [0.29, 0.717) is 17.9 Å². The number of nitrogens with one attached hydrogen (secondary N) is 2. The van der Waals surface area contributed by atoms with E-state index in [1.807, 2.05) is 12.1 Å². The molecule has 0 unspecified atom stereocenters. The summed E-state index contributed by atoms with van der Waals surface area (Å²) in [5, 5.41) is 5.30. The number of anilines is 1. The molecule has 7 heteroatoms. The Bertz CT molecular complexity index is 817. The molecule has 2 aromatic carbocycles. The van der Waals surface area contributed by atoms with E-state index in [9.17, 15) is 14.4 Å². The second kappa shape index (κ2) is 7.79. The van der Waals surface area contributed by atoms with Crippen LogP contribution in [-0.2, 0) is 22.7 Å². The van der Waals surface area contributed by atoms with Gasteiger partial charge in [-0.25, -0.2) is 4.79 Å². The fourth-order valence-corrected chi connectivity index (χ4v) is 2.67. The van der Waals surface area contributed by atoms with Crippen LogP contribution in [0.3, 0.4) is 0 Å². The quantitative estimate of drug-likeness (QED) is 0.779. The molecular formula is C19H19N3O4. The fraction of sp³-hybridized carbons (Fsp3) is 0.211. The molecular weight excluding hydrogens is 334 g/mol. The van der Waals surface area contributed by atoms with E-state index < -0.39 is 6.03 Å². The Kier molecular flexibility index (Phi) is 5.28. The topological polar surface area (TPSA) is 87.7 Å². The van der Waals surface area contributed by atoms with Crippen molar-refractivity contribution < 1.29 is 19.1 Å². The average molecular weight is 353 g/mol. The maximum Gasteiger partial charge on any atom is 0.324 e. The number of carbonyl (C=O) groups is 3. The average Bonchev–Trinajstić information content (AvgIpc) is 2.95. The normalized spacial score (nSPS) is 13.7. The van der Waals surface area contributed by atoms with Gasteiger partial charge in [-0.3, -0.25) is 14.5 Å². The lowest BCUT2D eigenvalue weighted by Crippen LogP contribution is -2.30. The highest BCUT2D eigenvalue weighted by molar-refractivity contribution is 6.04. The Morgan fingerprint density at radius 1 is 1.15 bits per heavy atom. The van der Waals surface area contributed by atoms with Gasteiger partial charge >= 0.3 is 6.03 Å². The van der Waals surface area contributed by atoms with Crippen LogP contribution in [-0.4, -0.2) is 36.4 Å². The number of hydrogen-bond donors (Lipinski definition) is 2. The standard InChI is InChI=1S/C19H19N3O4/c1-26-12-13-5-7-15(8-6-13)18(24)21-16-4-2-3-14(9-16)11-22-17(23)10-20-19(22)25/h2-9H,10-12H2,1H3,(H,20,25)(H,21,24). The van der Waals surface area contributed by atoms with E-state index in [4.69, 9.17) is 4.74 Å². The molecule has 1 fully saturated rings. The fourth-order valence-electron chi connectivity index (χ4n) is 2.67. The van der Waals surface area contributed by atoms with Crippen LogP contribution in [0.1, 0.15) is 21.5 Å². The molecule has 2 aromatic rings. The summed E-state index contributed by atoms with van der Waals surface area (Å²) in [7, 11) is 1.62. The summed E-state index contributed by atoms with van der Waals surface area (Å²) < 4.78 is 5.05. The number of urea groups is 1. The first-order valence-corrected chi connectivity index (χ1v) is 8.13. The van der Waals surface area contributed by atoms with Gasteiger partial charge in [0.25, 0.3) is 5.91 Å². The summed E-state index contributed by atoms with van der Waals surface area (Å²) in [6.45, 7) is 0.682. The molecule has 1 aliphatic heterocycles. The third kappa shape index (κ3) is 4.07. The van der Waals surface area contributed by atoms with Gasteiger partial charge in [0.1, 0.15) is 0 Å². The van der Waals surface area contributed by atoms with Gasteiger partial charge in [0.05, 0.1) is 19.7 Å². The largest absolute Gasteiger partial charge is 0.380 e. The molecule has 0 aliphatic carbocycles. The summed E-state index contributed by atoms with van der Waals surface area (Å²) in [5.41, 5.74) is 2.87. The van der Waals surface area contributed by atoms with Crippen molar-refractivity contribution in [2.24, 2.45) is 0 Å². The van der Waals surface area contributed by atoms with Crippen molar-refractivity contribution >= 4 is 23.5 Å². The first-order valence-electron chi connectivity index (χ1n) is 8.13. The molecule has 7 nitrogen and oxygen atoms in total. The van der Waals surface area contributed by atoms with Crippen molar-refractivity contribution in [1.29, 1.82) is 0 Å². The lowest BCUT2D eigenvalue weighted by molar-refractivity contribution is -0.125. The van der Waals surface area contributed by atoms with Gasteiger partial charge in [0.2, 0.25) is 5.91 Å². The molecule has 2 N–H and O–H groups in total. The number of nitrogens with zero attached hydrogens (tertiary/aromatic N) is 1. The molecule has 3 rings (SSSR count). The van der Waals surface area contributed by atoms with Gasteiger partial charge in [-0.2, -0.15) is 0 Å². The number of methoxy groups -OCH3 is 1. The molecule has 0 spiro atoms. The van der Waals surface area contributed by atoms with E-state index >= 15 is 0 Å². The molecule has 0 aromatic heterocycles. The van der Waals surface area contributed by atoms with Gasteiger partial charge in [-0.05, 0) is 35.4 Å². The molecule has 1 saturated heterocycles. The van der Waals surface area contributed by atoms with Gasteiger partial charge in [0.15, 0.2) is 0 Å². The molecule has 4 amide bonds. The lowest BCUT2D eigenvalue weighted by Gasteiger charge is -2.13. The van der Waals surface area contributed by atoms with Crippen molar-refractivity contribution in [3.63, 3.8) is 0 Å². The Hall–Kier alpha value is -3.19. The predicted octanol–water partition coefficient (Wildman–Crippen LogP) is 2.14. The highest BCUT2D eigenvalue weighted by atomic mass is 16.5. The van der Waals surface area contributed by atoms with Gasteiger partial charge in [0, 0.05) is 18.4 Å². The minimum absolute atomic E-state index is 0.0221. The summed E-state index contributed by atoms with van der Waals surface area (Å²) in [6.07, 6.45) is 0. The molecule has 0 radical (unpaired) electrons. The summed E-state index contributed by atoms with van der Waals surface area (Å²) in [5.74, 6) is -0.498. The Morgan fingerprint density at radius 3 is 2.58 bits per heavy atom. The SMILES string of the molecule is COCc1ccc(C(=O)Nc2cccc(CN3C(=O)CNC3=O)c2)cc1. The number of hydrogen-bond acceptors (Lipinski definition) is 4. The number of ether oxygens (including phenoxy) is 1. The highest BCUT2D eigenvalue weighted by Crippen LogP contribution is 2.16. The minimum Gasteiger partial charge on any atom is -0.380 e. The number of amides is 4. The molecule has 134 valence electrons. The second-order valence-corrected chi connectivity index (χ2v) is 5.92. The number of carbonyl (C=O) groups excluding carboxylic acids is 3. The van der Waals surface area contributed by atoms with Crippen molar-refractivity contribution in [1.82, 2.24) is 10.2 Å². The highest BCUT2D eigenvalue weighted by Gasteiger charge is 2.28. The van der Waals surface area contributed by atoms with Crippen LogP contribution < -0.4 is 10.6 Å². The predicted molar refractivity (Wildman–Crippen MR) is 95.5 cm³/mol. The van der Waals surface area contributed by atoms with Crippen LogP contribution in [0.25, 0.3) is 0 Å². The number of rotatable bonds is 6. The van der Waals surface area contributed by atoms with Crippen LogP contribution in [0.2, 0.25) is 0 Å². The van der Waals surface area contributed by atoms with Crippen LogP contribution >= 0.6 is 0 Å². The third-order valence-corrected chi connectivity index (χ3v) is 3.99. The van der Waals surface area contributed by atoms with Gasteiger partial charge in [-0.1, -0.05) is 24.3 Å². The van der Waals surface area contributed by atoms with E-state index in [1.165, 1.54) is 0 Å². The van der Waals surface area contributed by atoms with Crippen LogP contribution in [0.15, 0.2) is 48.5 Å². The molecule has 0 saturated carbocycles. The molecule has 0 bridgehead atoms. The second-order valence-electron chi connectivity index (χ2n) is 5.92. The smallest absolute Gasteiger partial charge is 0.324 e. The monoisotopic (exact) mass is 353 g/mol. The zero-order chi connectivity index (χ0) is 18.5. The van der Waals surface area contributed by atoms with E-state index in [1.54, 1.807) is 43.5 Å². The molecule has 26 heavy (non-hydrogen) atoms.